The minimum absolute atomic E-state index is 0.514. The van der Waals surface area contributed by atoms with Crippen molar-refractivity contribution < 1.29 is 8.83 Å². The molecule has 0 radical (unpaired) electrons. The Labute approximate surface area is 790 Å². The number of nitrogens with zero attached hydrogens (tertiary/aromatic N) is 13. The van der Waals surface area contributed by atoms with E-state index in [0.717, 1.165) is 166 Å². The number of furan rings is 2. The van der Waals surface area contributed by atoms with Gasteiger partial charge in [0.2, 0.25) is 0 Å². The van der Waals surface area contributed by atoms with Gasteiger partial charge in [0.25, 0.3) is 0 Å². The fraction of sp³-hybridized carbons (Fsp3) is 0. The molecule has 10 aromatic heterocycles. The highest BCUT2D eigenvalue weighted by molar-refractivity contribution is 6.26. The minimum Gasteiger partial charge on any atom is -0.455 e. The molecule has 0 unspecified atom stereocenters. The maximum Gasteiger partial charge on any atom is 0.182 e. The molecule has 28 rings (SSSR count). The molecule has 0 bridgehead atoms. The van der Waals surface area contributed by atoms with Gasteiger partial charge in [-0.05, 0) is 152 Å². The van der Waals surface area contributed by atoms with Crippen molar-refractivity contribution in [2.24, 2.45) is 0 Å². The SMILES string of the molecule is c1ccc(-c2cc(-c3ccccc3)nc(-c3ccc(-n4c5ccccc5c5cc6c7ccccc7n(-c7ccccc7)c6cc54)cc3)n2)cc1.c1ccc(-c2nc(-c3ccccc3)nc(-c3ccc(-n4c5ccccc5c5c6oc7ccccc7c6ccc54)cc3)n2)cc1.c1ccc(-c2nc(-c3ccccc3)nc(-c3cccc(-n4c5ccccc5c5c6oc7ccccc7c6ccc54)n3)n2)cc1. The lowest BCUT2D eigenvalue weighted by molar-refractivity contribution is 0.672. The molecule has 138 heavy (non-hydrogen) atoms. The number of rotatable bonds is 13. The second-order valence-corrected chi connectivity index (χ2v) is 34.2. The molecular formula is C123H77N13O2. The van der Waals surface area contributed by atoms with Gasteiger partial charge in [-0.2, -0.15) is 0 Å². The van der Waals surface area contributed by atoms with Crippen LogP contribution in [0.2, 0.25) is 0 Å². The lowest BCUT2D eigenvalue weighted by atomic mass is 10.1. The van der Waals surface area contributed by atoms with E-state index in [4.69, 9.17) is 53.7 Å². The predicted molar refractivity (Wildman–Crippen MR) is 560 cm³/mol. The summed E-state index contributed by atoms with van der Waals surface area (Å²) < 4.78 is 22.2. The Morgan fingerprint density at radius 2 is 0.457 bits per heavy atom. The molecular weight excluding hydrogens is 1690 g/mol. The van der Waals surface area contributed by atoms with E-state index < -0.39 is 0 Å². The Bertz CT molecular complexity index is 9390. The van der Waals surface area contributed by atoms with E-state index in [9.17, 15) is 0 Å². The third kappa shape index (κ3) is 14.0. The number of hydrogen-bond donors (Lipinski definition) is 0. The fourth-order valence-corrected chi connectivity index (χ4v) is 19.7. The summed E-state index contributed by atoms with van der Waals surface area (Å²) in [5.41, 5.74) is 26.1. The molecule has 0 N–H and O–H groups in total. The summed E-state index contributed by atoms with van der Waals surface area (Å²) in [7, 11) is 0. The topological polar surface area (TPSA) is 162 Å². The van der Waals surface area contributed by atoms with Crippen molar-refractivity contribution in [3.63, 3.8) is 0 Å². The van der Waals surface area contributed by atoms with Gasteiger partial charge in [-0.3, -0.25) is 4.57 Å². The summed E-state index contributed by atoms with van der Waals surface area (Å²) in [5, 5.41) is 13.9. The number of benzene rings is 18. The van der Waals surface area contributed by atoms with Crippen molar-refractivity contribution >= 4 is 131 Å². The molecule has 0 aliphatic rings. The van der Waals surface area contributed by atoms with Crippen LogP contribution in [0.4, 0.5) is 0 Å². The summed E-state index contributed by atoms with van der Waals surface area (Å²) in [5.74, 6) is 5.12. The first-order valence-corrected chi connectivity index (χ1v) is 46.1. The molecule has 18 aromatic carbocycles. The Morgan fingerprint density at radius 1 is 0.152 bits per heavy atom. The molecule has 0 amide bonds. The van der Waals surface area contributed by atoms with Crippen LogP contribution in [0.25, 0.3) is 256 Å². The van der Waals surface area contributed by atoms with Gasteiger partial charge in [-0.25, -0.2) is 44.9 Å². The van der Waals surface area contributed by atoms with E-state index in [2.05, 4.69) is 279 Å². The summed E-state index contributed by atoms with van der Waals surface area (Å²) in [6, 6.07) is 161. The Balaban J connectivity index is 0.000000107. The van der Waals surface area contributed by atoms with E-state index in [1.54, 1.807) is 0 Å². The largest absolute Gasteiger partial charge is 0.455 e. The van der Waals surface area contributed by atoms with Gasteiger partial charge < -0.3 is 22.5 Å². The van der Waals surface area contributed by atoms with Crippen LogP contribution in [0.3, 0.4) is 0 Å². The van der Waals surface area contributed by atoms with Crippen LogP contribution in [0.15, 0.2) is 476 Å². The molecule has 0 saturated heterocycles. The van der Waals surface area contributed by atoms with Gasteiger partial charge in [0, 0.05) is 115 Å². The molecule has 0 saturated carbocycles. The molecule has 0 fully saturated rings. The standard InChI is InChI=1S/C46H30N4.C39H24N4O.C38H23N5O/c1-4-14-31(15-5-1)40-29-41(32-16-6-2-7-17-32)48-46(47-40)33-24-26-35(27-25-33)50-43-23-13-11-21-37(43)39-28-38-36-20-10-12-22-42(36)49(44(38)30-45(39)50)34-18-8-3-9-19-34;1-3-11-25(12-4-1)37-40-38(26-13-5-2-6-14-26)42-39(41-37)27-19-21-28(22-20-27)43-32-17-9-7-16-31(32)35-33(43)24-23-30-29-15-8-10-18-34(29)44-36(30)35;1-3-12-24(13-4-1)36-40-37(25-14-5-2-6-15-25)42-38(41-36)29-18-11-21-33(39-29)43-30-19-9-7-17-28(30)34-31(43)23-22-27-26-16-8-10-20-32(26)44-35(27)34/h1-30H;1-24H;1-23H. The molecule has 646 valence electrons. The van der Waals surface area contributed by atoms with Gasteiger partial charge in [-0.1, -0.05) is 315 Å². The highest BCUT2D eigenvalue weighted by atomic mass is 16.3. The first-order chi connectivity index (χ1) is 68.4. The zero-order valence-corrected chi connectivity index (χ0v) is 74.1. The van der Waals surface area contributed by atoms with Crippen molar-refractivity contribution in [3.05, 3.63) is 467 Å². The molecule has 15 nitrogen and oxygen atoms in total. The van der Waals surface area contributed by atoms with Crippen LogP contribution in [-0.4, -0.2) is 63.1 Å². The monoisotopic (exact) mass is 1770 g/mol. The third-order valence-electron chi connectivity index (χ3n) is 26.1. The van der Waals surface area contributed by atoms with Gasteiger partial charge in [0.1, 0.15) is 33.8 Å². The number of aromatic nitrogens is 13. The number of para-hydroxylation sites is 7. The quantitative estimate of drug-likeness (QED) is 0.108. The van der Waals surface area contributed by atoms with Crippen molar-refractivity contribution in [1.82, 2.24) is 63.1 Å². The van der Waals surface area contributed by atoms with Crippen molar-refractivity contribution in [1.29, 1.82) is 0 Å². The molecule has 0 aliphatic carbocycles. The first-order valence-electron chi connectivity index (χ1n) is 46.1. The molecule has 0 spiro atoms. The van der Waals surface area contributed by atoms with E-state index in [1.165, 1.54) is 43.6 Å². The zero-order valence-electron chi connectivity index (χ0n) is 74.1. The van der Waals surface area contributed by atoms with Gasteiger partial charge in [-0.15, -0.1) is 0 Å². The van der Waals surface area contributed by atoms with Gasteiger partial charge in [0.05, 0.1) is 66.3 Å². The van der Waals surface area contributed by atoms with Crippen molar-refractivity contribution in [2.75, 3.05) is 0 Å². The highest BCUT2D eigenvalue weighted by Crippen LogP contribution is 2.46. The van der Waals surface area contributed by atoms with Crippen LogP contribution in [0, 0.1) is 0 Å². The lowest BCUT2D eigenvalue weighted by Crippen LogP contribution is -2.03. The van der Waals surface area contributed by atoms with Crippen molar-refractivity contribution in [3.8, 4) is 125 Å². The second kappa shape index (κ2) is 33.7. The maximum absolute atomic E-state index is 6.47. The summed E-state index contributed by atoms with van der Waals surface area (Å²) in [4.78, 5) is 44.6. The molecule has 0 aliphatic heterocycles. The van der Waals surface area contributed by atoms with Crippen molar-refractivity contribution in [2.45, 2.75) is 0 Å². The van der Waals surface area contributed by atoms with Crippen LogP contribution < -0.4 is 0 Å². The molecule has 28 aromatic rings. The zero-order chi connectivity index (χ0) is 91.1. The van der Waals surface area contributed by atoms with Gasteiger partial charge in [0.15, 0.2) is 40.8 Å². The van der Waals surface area contributed by atoms with Crippen LogP contribution in [-0.2, 0) is 0 Å². The highest BCUT2D eigenvalue weighted by Gasteiger charge is 2.26. The Kier molecular flexibility index (Phi) is 19.5. The van der Waals surface area contributed by atoms with E-state index in [1.807, 2.05) is 206 Å². The Morgan fingerprint density at radius 3 is 0.870 bits per heavy atom. The van der Waals surface area contributed by atoms with Crippen LogP contribution in [0.1, 0.15) is 0 Å². The first kappa shape index (κ1) is 79.9. The number of fused-ring (bicyclic) bond motifs is 20. The smallest absolute Gasteiger partial charge is 0.182 e. The predicted octanol–water partition coefficient (Wildman–Crippen LogP) is 30.8. The molecule has 15 heteroatoms. The normalized spacial score (nSPS) is 11.6. The number of pyridine rings is 1. The fourth-order valence-electron chi connectivity index (χ4n) is 19.7. The maximum atomic E-state index is 6.47. The summed E-state index contributed by atoms with van der Waals surface area (Å²) in [6.45, 7) is 0. The molecule has 0 atom stereocenters. The average molecular weight is 1770 g/mol. The number of hydrogen-bond acceptors (Lipinski definition) is 11. The minimum atomic E-state index is 0.514. The summed E-state index contributed by atoms with van der Waals surface area (Å²) in [6.07, 6.45) is 0. The van der Waals surface area contributed by atoms with Crippen LogP contribution >= 0.6 is 0 Å². The van der Waals surface area contributed by atoms with E-state index in [-0.39, 0.29) is 0 Å². The average Bonchev–Trinajstić information content (AvgIpc) is 1.56. The summed E-state index contributed by atoms with van der Waals surface area (Å²) >= 11 is 0. The van der Waals surface area contributed by atoms with E-state index in [0.29, 0.717) is 46.5 Å². The van der Waals surface area contributed by atoms with Crippen LogP contribution in [0.5, 0.6) is 0 Å². The van der Waals surface area contributed by atoms with E-state index >= 15 is 0 Å². The second-order valence-electron chi connectivity index (χ2n) is 34.2. The Hall–Kier alpha value is -19.0. The molecule has 10 heterocycles. The third-order valence-corrected chi connectivity index (χ3v) is 26.1. The van der Waals surface area contributed by atoms with Gasteiger partial charge >= 0.3 is 0 Å². The lowest BCUT2D eigenvalue weighted by Gasteiger charge is -2.12.